The molecule has 1 heterocycles. The maximum absolute atomic E-state index is 5.75. The lowest BCUT2D eigenvalue weighted by Gasteiger charge is -2.09. The highest BCUT2D eigenvalue weighted by Crippen LogP contribution is 2.26. The van der Waals surface area contributed by atoms with Gasteiger partial charge >= 0.3 is 0 Å². The number of imidazole rings is 1. The first-order chi connectivity index (χ1) is 9.24. The highest BCUT2D eigenvalue weighted by atomic mass is 16.5. The molecule has 0 aliphatic heterocycles. The minimum atomic E-state index is 0.404. The summed E-state index contributed by atoms with van der Waals surface area (Å²) in [6.07, 6.45) is 2.76. The first-order valence-corrected chi connectivity index (χ1v) is 6.21. The molecule has 0 unspecified atom stereocenters. The lowest BCUT2D eigenvalue weighted by molar-refractivity contribution is 0.273. The van der Waals surface area contributed by atoms with E-state index in [0.717, 1.165) is 23.7 Å². The Morgan fingerprint density at radius 3 is 2.68 bits per heavy atom. The number of aromatic nitrogens is 2. The summed E-state index contributed by atoms with van der Waals surface area (Å²) >= 11 is 0. The third kappa shape index (κ3) is 3.26. The smallest absolute Gasteiger partial charge is 0.161 e. The second kappa shape index (κ2) is 6.24. The third-order valence-corrected chi connectivity index (χ3v) is 2.85. The zero-order chi connectivity index (χ0) is 13.7. The van der Waals surface area contributed by atoms with Crippen molar-refractivity contribution >= 4 is 0 Å². The number of hydrogen-bond donors (Lipinski definition) is 1. The number of methoxy groups -OCH3 is 1. The van der Waals surface area contributed by atoms with Crippen molar-refractivity contribution < 1.29 is 9.47 Å². The van der Waals surface area contributed by atoms with Crippen LogP contribution in [-0.4, -0.2) is 23.2 Å². The van der Waals surface area contributed by atoms with E-state index in [1.807, 2.05) is 42.1 Å². The molecule has 2 aromatic rings. The highest BCUT2D eigenvalue weighted by Gasteiger charge is 2.08. The van der Waals surface area contributed by atoms with E-state index >= 15 is 0 Å². The topological polar surface area (TPSA) is 62.3 Å². The monoisotopic (exact) mass is 261 g/mol. The van der Waals surface area contributed by atoms with Crippen molar-refractivity contribution in [2.24, 2.45) is 12.8 Å². The van der Waals surface area contributed by atoms with Crippen LogP contribution in [0.15, 0.2) is 30.5 Å². The van der Waals surface area contributed by atoms with Gasteiger partial charge in [-0.2, -0.15) is 0 Å². The van der Waals surface area contributed by atoms with Crippen LogP contribution in [-0.2, 0) is 20.1 Å². The van der Waals surface area contributed by atoms with E-state index in [2.05, 4.69) is 4.98 Å². The van der Waals surface area contributed by atoms with Gasteiger partial charge in [0.15, 0.2) is 11.5 Å². The van der Waals surface area contributed by atoms with Crippen LogP contribution in [0.2, 0.25) is 0 Å². The summed E-state index contributed by atoms with van der Waals surface area (Å²) in [6, 6.07) is 7.57. The average Bonchev–Trinajstić information content (AvgIpc) is 2.77. The molecule has 0 saturated carbocycles. The number of benzene rings is 1. The Morgan fingerprint density at radius 2 is 2.00 bits per heavy atom. The molecule has 102 valence electrons. The van der Waals surface area contributed by atoms with Gasteiger partial charge in [0.05, 0.1) is 12.8 Å². The molecule has 0 fully saturated rings. The quantitative estimate of drug-likeness (QED) is 0.856. The normalized spacial score (nSPS) is 10.5. The first kappa shape index (κ1) is 13.4. The molecular weight excluding hydrogens is 242 g/mol. The Labute approximate surface area is 113 Å². The Kier molecular flexibility index (Phi) is 4.41. The summed E-state index contributed by atoms with van der Waals surface area (Å²) in [7, 11) is 3.58. The minimum Gasteiger partial charge on any atom is -0.493 e. The fraction of sp³-hybridized carbons (Fsp3) is 0.357. The molecule has 2 rings (SSSR count). The van der Waals surface area contributed by atoms with Crippen molar-refractivity contribution in [3.63, 3.8) is 0 Å². The molecule has 1 aromatic carbocycles. The van der Waals surface area contributed by atoms with E-state index in [-0.39, 0.29) is 0 Å². The second-order valence-electron chi connectivity index (χ2n) is 4.24. The van der Waals surface area contributed by atoms with E-state index in [0.29, 0.717) is 18.9 Å². The van der Waals surface area contributed by atoms with Crippen LogP contribution in [0.25, 0.3) is 0 Å². The van der Waals surface area contributed by atoms with Gasteiger partial charge < -0.3 is 19.8 Å². The van der Waals surface area contributed by atoms with E-state index in [9.17, 15) is 0 Å². The maximum Gasteiger partial charge on any atom is 0.161 e. The van der Waals surface area contributed by atoms with E-state index in [1.165, 1.54) is 0 Å². The molecule has 5 nitrogen and oxygen atoms in total. The Balaban J connectivity index is 2.05. The molecule has 19 heavy (non-hydrogen) atoms. The number of para-hydroxylation sites is 2. The van der Waals surface area contributed by atoms with Crippen LogP contribution in [0.1, 0.15) is 11.5 Å². The van der Waals surface area contributed by atoms with Crippen LogP contribution in [0.4, 0.5) is 0 Å². The zero-order valence-electron chi connectivity index (χ0n) is 11.3. The summed E-state index contributed by atoms with van der Waals surface area (Å²) < 4.78 is 12.9. The van der Waals surface area contributed by atoms with Crippen molar-refractivity contribution in [3.8, 4) is 11.5 Å². The largest absolute Gasteiger partial charge is 0.493 e. The summed E-state index contributed by atoms with van der Waals surface area (Å²) in [5.74, 6) is 2.31. The van der Waals surface area contributed by atoms with Crippen LogP contribution in [0.5, 0.6) is 11.5 Å². The fourth-order valence-electron chi connectivity index (χ4n) is 1.85. The molecular formula is C14H19N3O2. The van der Waals surface area contributed by atoms with Gasteiger partial charge in [-0.25, -0.2) is 4.98 Å². The summed E-state index contributed by atoms with van der Waals surface area (Å²) in [5, 5.41) is 0. The molecule has 0 spiro atoms. The van der Waals surface area contributed by atoms with E-state index in [1.54, 1.807) is 7.11 Å². The van der Waals surface area contributed by atoms with Crippen LogP contribution >= 0.6 is 0 Å². The number of hydrogen-bond acceptors (Lipinski definition) is 4. The standard InChI is InChI=1S/C14H19N3O2/c1-17-9-11(7-8-15)16-14(17)10-19-13-6-4-3-5-12(13)18-2/h3-6,9H,7-8,10,15H2,1-2H3. The first-order valence-electron chi connectivity index (χ1n) is 6.21. The van der Waals surface area contributed by atoms with Crippen LogP contribution in [0, 0.1) is 0 Å². The lowest BCUT2D eigenvalue weighted by atomic mass is 10.3. The Morgan fingerprint density at radius 1 is 1.26 bits per heavy atom. The number of nitrogens with two attached hydrogens (primary N) is 1. The van der Waals surface area contributed by atoms with Crippen molar-refractivity contribution in [3.05, 3.63) is 42.0 Å². The lowest BCUT2D eigenvalue weighted by Crippen LogP contribution is -2.04. The van der Waals surface area contributed by atoms with Crippen molar-refractivity contribution in [1.29, 1.82) is 0 Å². The molecule has 0 aliphatic carbocycles. The molecule has 2 N–H and O–H groups in total. The second-order valence-corrected chi connectivity index (χ2v) is 4.24. The van der Waals surface area contributed by atoms with Crippen molar-refractivity contribution in [1.82, 2.24) is 9.55 Å². The maximum atomic E-state index is 5.75. The van der Waals surface area contributed by atoms with Crippen molar-refractivity contribution in [2.45, 2.75) is 13.0 Å². The van der Waals surface area contributed by atoms with Gasteiger partial charge in [-0.3, -0.25) is 0 Å². The molecule has 0 bridgehead atoms. The number of ether oxygens (including phenoxy) is 2. The molecule has 0 amide bonds. The van der Waals surface area contributed by atoms with E-state index < -0.39 is 0 Å². The van der Waals surface area contributed by atoms with Crippen molar-refractivity contribution in [2.75, 3.05) is 13.7 Å². The average molecular weight is 261 g/mol. The summed E-state index contributed by atoms with van der Waals surface area (Å²) in [6.45, 7) is 1.01. The molecule has 0 atom stereocenters. The number of aryl methyl sites for hydroxylation is 1. The molecule has 0 radical (unpaired) electrons. The predicted molar refractivity (Wildman–Crippen MR) is 73.3 cm³/mol. The number of rotatable bonds is 6. The van der Waals surface area contributed by atoms with Gasteiger partial charge in [0.1, 0.15) is 12.4 Å². The van der Waals surface area contributed by atoms with Gasteiger partial charge in [0, 0.05) is 19.7 Å². The van der Waals surface area contributed by atoms with Gasteiger partial charge in [0.25, 0.3) is 0 Å². The Hall–Kier alpha value is -2.01. The molecule has 1 aromatic heterocycles. The van der Waals surface area contributed by atoms with E-state index in [4.69, 9.17) is 15.2 Å². The molecule has 0 saturated heterocycles. The molecule has 0 aliphatic rings. The van der Waals surface area contributed by atoms with Gasteiger partial charge in [-0.1, -0.05) is 12.1 Å². The van der Waals surface area contributed by atoms with Crippen LogP contribution in [0.3, 0.4) is 0 Å². The van der Waals surface area contributed by atoms with Gasteiger partial charge in [0.2, 0.25) is 0 Å². The Bertz CT molecular complexity index is 537. The highest BCUT2D eigenvalue weighted by molar-refractivity contribution is 5.39. The van der Waals surface area contributed by atoms with Crippen LogP contribution < -0.4 is 15.2 Å². The summed E-state index contributed by atoms with van der Waals surface area (Å²) in [4.78, 5) is 4.49. The van der Waals surface area contributed by atoms with Gasteiger partial charge in [-0.05, 0) is 18.7 Å². The van der Waals surface area contributed by atoms with Gasteiger partial charge in [-0.15, -0.1) is 0 Å². The SMILES string of the molecule is COc1ccccc1OCc1nc(CCN)cn1C. The molecule has 5 heteroatoms. The predicted octanol–water partition coefficient (Wildman–Crippen LogP) is 1.51. The fourth-order valence-corrected chi connectivity index (χ4v) is 1.85. The summed E-state index contributed by atoms with van der Waals surface area (Å²) in [5.41, 5.74) is 6.52. The zero-order valence-corrected chi connectivity index (χ0v) is 11.3. The third-order valence-electron chi connectivity index (χ3n) is 2.85. The number of nitrogens with zero attached hydrogens (tertiary/aromatic N) is 2. The minimum absolute atomic E-state index is 0.404.